The van der Waals surface area contributed by atoms with E-state index in [4.69, 9.17) is 14.6 Å². The van der Waals surface area contributed by atoms with Crippen LogP contribution in [0.3, 0.4) is 0 Å². The molecule has 3 rings (SSSR count). The highest BCUT2D eigenvalue weighted by Crippen LogP contribution is 2.36. The molecule has 1 aliphatic heterocycles. The van der Waals surface area contributed by atoms with E-state index in [1.54, 1.807) is 17.2 Å². The van der Waals surface area contributed by atoms with Crippen LogP contribution >= 0.6 is 11.3 Å². The quantitative estimate of drug-likeness (QED) is 0.840. The maximum Gasteiger partial charge on any atom is 0.243 e. The standard InChI is InChI=1S/C10H12N4O3S/c15-3-8-4-16-10(17-8,9-12-1-2-18-9)5-14-7-11-6-13-14/h1-2,6-8,15H,3-5H2/t8-,10+/m1/s1. The third-order valence-electron chi connectivity index (χ3n) is 2.66. The van der Waals surface area contributed by atoms with Crippen molar-refractivity contribution in [1.29, 1.82) is 0 Å². The van der Waals surface area contributed by atoms with Gasteiger partial charge in [0, 0.05) is 11.6 Å². The van der Waals surface area contributed by atoms with Crippen LogP contribution in [-0.4, -0.2) is 44.2 Å². The van der Waals surface area contributed by atoms with Gasteiger partial charge in [-0.25, -0.2) is 14.6 Å². The molecule has 1 saturated heterocycles. The minimum absolute atomic E-state index is 0.0789. The van der Waals surface area contributed by atoms with E-state index < -0.39 is 5.79 Å². The van der Waals surface area contributed by atoms with E-state index in [0.29, 0.717) is 18.2 Å². The second kappa shape index (κ2) is 4.73. The molecule has 2 aromatic heterocycles. The van der Waals surface area contributed by atoms with Crippen LogP contribution in [0.15, 0.2) is 24.2 Å². The van der Waals surface area contributed by atoms with Gasteiger partial charge in [-0.2, -0.15) is 5.10 Å². The largest absolute Gasteiger partial charge is 0.394 e. The normalized spacial score (nSPS) is 27.7. The molecule has 2 atom stereocenters. The molecule has 2 aromatic rings. The molecule has 1 fully saturated rings. The number of ether oxygens (including phenoxy) is 2. The number of rotatable bonds is 4. The lowest BCUT2D eigenvalue weighted by atomic mass is 10.3. The van der Waals surface area contributed by atoms with E-state index in [2.05, 4.69) is 15.1 Å². The Morgan fingerprint density at radius 1 is 1.61 bits per heavy atom. The van der Waals surface area contributed by atoms with E-state index >= 15 is 0 Å². The predicted molar refractivity (Wildman–Crippen MR) is 61.7 cm³/mol. The van der Waals surface area contributed by atoms with Gasteiger partial charge < -0.3 is 14.6 Å². The Balaban J connectivity index is 1.89. The van der Waals surface area contributed by atoms with E-state index in [1.165, 1.54) is 17.7 Å². The van der Waals surface area contributed by atoms with Crippen LogP contribution < -0.4 is 0 Å². The number of aliphatic hydroxyl groups is 1. The summed E-state index contributed by atoms with van der Waals surface area (Å²) < 4.78 is 13.2. The second-order valence-corrected chi connectivity index (χ2v) is 4.81. The number of thiazole rings is 1. The molecule has 0 unspecified atom stereocenters. The van der Waals surface area contributed by atoms with Crippen LogP contribution in [0, 0.1) is 0 Å². The molecule has 3 heterocycles. The summed E-state index contributed by atoms with van der Waals surface area (Å²) in [5, 5.41) is 15.8. The molecule has 0 aromatic carbocycles. The first kappa shape index (κ1) is 11.7. The summed E-state index contributed by atoms with van der Waals surface area (Å²) in [5.74, 6) is -0.977. The maximum absolute atomic E-state index is 9.17. The van der Waals surface area contributed by atoms with Crippen LogP contribution in [0.25, 0.3) is 0 Å². The zero-order valence-electron chi connectivity index (χ0n) is 9.47. The van der Waals surface area contributed by atoms with Crippen LogP contribution in [0.5, 0.6) is 0 Å². The molecule has 18 heavy (non-hydrogen) atoms. The fourth-order valence-electron chi connectivity index (χ4n) is 1.86. The molecule has 8 heteroatoms. The van der Waals surface area contributed by atoms with Crippen molar-refractivity contribution >= 4 is 11.3 Å². The highest BCUT2D eigenvalue weighted by molar-refractivity contribution is 7.09. The Morgan fingerprint density at radius 2 is 2.56 bits per heavy atom. The first-order valence-electron chi connectivity index (χ1n) is 5.47. The van der Waals surface area contributed by atoms with Crippen molar-refractivity contribution in [3.63, 3.8) is 0 Å². The summed E-state index contributed by atoms with van der Waals surface area (Å²) in [4.78, 5) is 8.14. The predicted octanol–water partition coefficient (Wildman–Crippen LogP) is -0.00470. The Bertz CT molecular complexity index is 489. The maximum atomic E-state index is 9.17. The van der Waals surface area contributed by atoms with Crippen molar-refractivity contribution in [3.05, 3.63) is 29.2 Å². The molecule has 1 N–H and O–H groups in total. The van der Waals surface area contributed by atoms with Crippen LogP contribution in [0.2, 0.25) is 0 Å². The fraction of sp³-hybridized carbons (Fsp3) is 0.500. The van der Waals surface area contributed by atoms with Crippen LogP contribution in [-0.2, 0) is 21.8 Å². The average molecular weight is 268 g/mol. The smallest absolute Gasteiger partial charge is 0.243 e. The summed E-state index contributed by atoms with van der Waals surface area (Å²) in [6.07, 6.45) is 4.40. The van der Waals surface area contributed by atoms with Gasteiger partial charge in [-0.3, -0.25) is 0 Å². The van der Waals surface area contributed by atoms with Crippen LogP contribution in [0.1, 0.15) is 5.01 Å². The number of aromatic nitrogens is 4. The number of nitrogens with zero attached hydrogens (tertiary/aromatic N) is 4. The lowest BCUT2D eigenvalue weighted by Gasteiger charge is -2.25. The summed E-state index contributed by atoms with van der Waals surface area (Å²) in [5.41, 5.74) is 0. The van der Waals surface area contributed by atoms with Crippen LogP contribution in [0.4, 0.5) is 0 Å². The molecular weight excluding hydrogens is 256 g/mol. The number of aliphatic hydroxyl groups excluding tert-OH is 1. The number of hydrogen-bond acceptors (Lipinski definition) is 7. The Labute approximate surface area is 107 Å². The van der Waals surface area contributed by atoms with Gasteiger partial charge in [0.25, 0.3) is 0 Å². The third-order valence-corrected chi connectivity index (χ3v) is 3.56. The minimum atomic E-state index is -0.977. The Hall–Kier alpha value is -1.35. The van der Waals surface area contributed by atoms with Gasteiger partial charge in [0.1, 0.15) is 25.3 Å². The van der Waals surface area contributed by atoms with Crippen molar-refractivity contribution < 1.29 is 14.6 Å². The summed E-state index contributed by atoms with van der Waals surface area (Å²) >= 11 is 1.45. The van der Waals surface area contributed by atoms with Crippen molar-refractivity contribution in [1.82, 2.24) is 19.7 Å². The minimum Gasteiger partial charge on any atom is -0.394 e. The summed E-state index contributed by atoms with van der Waals surface area (Å²) in [6, 6.07) is 0. The molecule has 0 radical (unpaired) electrons. The highest BCUT2D eigenvalue weighted by atomic mass is 32.1. The fourth-order valence-corrected chi connectivity index (χ4v) is 2.58. The number of hydrogen-bond donors (Lipinski definition) is 1. The van der Waals surface area contributed by atoms with E-state index in [-0.39, 0.29) is 12.7 Å². The van der Waals surface area contributed by atoms with Crippen molar-refractivity contribution in [3.8, 4) is 0 Å². The second-order valence-electron chi connectivity index (χ2n) is 3.92. The van der Waals surface area contributed by atoms with Crippen molar-refractivity contribution in [2.24, 2.45) is 0 Å². The van der Waals surface area contributed by atoms with E-state index in [0.717, 1.165) is 0 Å². The molecular formula is C10H12N4O3S. The molecule has 0 saturated carbocycles. The molecule has 96 valence electrons. The first-order chi connectivity index (χ1) is 8.82. The van der Waals surface area contributed by atoms with Crippen molar-refractivity contribution in [2.75, 3.05) is 13.2 Å². The van der Waals surface area contributed by atoms with Gasteiger partial charge in [0.2, 0.25) is 5.79 Å². The molecule has 0 aliphatic carbocycles. The van der Waals surface area contributed by atoms with E-state index in [1.807, 2.05) is 5.38 Å². The third kappa shape index (κ3) is 2.03. The van der Waals surface area contributed by atoms with Crippen molar-refractivity contribution in [2.45, 2.75) is 18.4 Å². The van der Waals surface area contributed by atoms with Gasteiger partial charge in [-0.05, 0) is 0 Å². The topological polar surface area (TPSA) is 82.3 Å². The van der Waals surface area contributed by atoms with Gasteiger partial charge in [0.15, 0.2) is 5.01 Å². The van der Waals surface area contributed by atoms with Gasteiger partial charge >= 0.3 is 0 Å². The average Bonchev–Trinajstić information content (AvgIpc) is 3.11. The van der Waals surface area contributed by atoms with Gasteiger partial charge in [-0.15, -0.1) is 11.3 Å². The lowest BCUT2D eigenvalue weighted by molar-refractivity contribution is -0.191. The zero-order chi connectivity index (χ0) is 12.4. The first-order valence-corrected chi connectivity index (χ1v) is 6.35. The molecule has 7 nitrogen and oxygen atoms in total. The molecule has 1 aliphatic rings. The molecule has 0 spiro atoms. The Morgan fingerprint density at radius 3 is 3.17 bits per heavy atom. The van der Waals surface area contributed by atoms with E-state index in [9.17, 15) is 0 Å². The molecule has 0 bridgehead atoms. The SMILES string of the molecule is OC[C@@H]1CO[C@](Cn2cncn2)(c2nccs2)O1. The summed E-state index contributed by atoms with van der Waals surface area (Å²) in [7, 11) is 0. The summed E-state index contributed by atoms with van der Waals surface area (Å²) in [6.45, 7) is 0.617. The highest BCUT2D eigenvalue weighted by Gasteiger charge is 2.46. The van der Waals surface area contributed by atoms with Gasteiger partial charge in [-0.1, -0.05) is 0 Å². The zero-order valence-corrected chi connectivity index (χ0v) is 10.3. The monoisotopic (exact) mass is 268 g/mol. The Kier molecular flexibility index (Phi) is 3.08. The lowest BCUT2D eigenvalue weighted by Crippen LogP contribution is -2.34. The van der Waals surface area contributed by atoms with Gasteiger partial charge in [0.05, 0.1) is 13.2 Å². The molecule has 0 amide bonds.